The number of hydrogen-bond donors (Lipinski definition) is 1. The van der Waals surface area contributed by atoms with Crippen LogP contribution in [0.3, 0.4) is 0 Å². The van der Waals surface area contributed by atoms with Crippen LogP contribution in [0.1, 0.15) is 77.1 Å². The lowest BCUT2D eigenvalue weighted by Gasteiger charge is -2.48. The first kappa shape index (κ1) is 31.9. The number of likely N-dealkylation sites (N-methyl/N-ethyl adjacent to an activating group) is 1. The molecule has 1 N–H and O–H groups in total. The van der Waals surface area contributed by atoms with Gasteiger partial charge in [0.25, 0.3) is 11.8 Å². The number of aliphatic hydroxyl groups excluding tert-OH is 1. The Hall–Kier alpha value is -3.11. The van der Waals surface area contributed by atoms with E-state index >= 15 is 0 Å². The lowest BCUT2D eigenvalue weighted by molar-refractivity contribution is -0.956. The summed E-state index contributed by atoms with van der Waals surface area (Å²) in [6.07, 6.45) is 7.56. The Morgan fingerprint density at radius 3 is 2.11 bits per heavy atom. The fourth-order valence-electron chi connectivity index (χ4n) is 8.29. The van der Waals surface area contributed by atoms with Crippen LogP contribution in [0.2, 0.25) is 0 Å². The second-order valence-electron chi connectivity index (χ2n) is 14.4. The molecule has 4 aliphatic rings. The molecule has 242 valence electrons. The molecular formula is C36H49N3O6+2. The fourth-order valence-corrected chi connectivity index (χ4v) is 8.29. The van der Waals surface area contributed by atoms with E-state index in [-0.39, 0.29) is 42.7 Å². The molecule has 2 unspecified atom stereocenters. The van der Waals surface area contributed by atoms with Crippen LogP contribution < -0.4 is 0 Å². The molecule has 3 saturated heterocycles. The van der Waals surface area contributed by atoms with Crippen LogP contribution in [-0.4, -0.2) is 121 Å². The molecule has 4 aliphatic heterocycles. The number of rotatable bonds is 15. The highest BCUT2D eigenvalue weighted by atomic mass is 16.6. The van der Waals surface area contributed by atoms with Gasteiger partial charge < -0.3 is 23.5 Å². The Balaban J connectivity index is 0.901. The molecule has 0 spiro atoms. The highest BCUT2D eigenvalue weighted by Gasteiger charge is 2.71. The maximum absolute atomic E-state index is 13.0. The summed E-state index contributed by atoms with van der Waals surface area (Å²) >= 11 is 0. The van der Waals surface area contributed by atoms with Crippen LogP contribution >= 0.6 is 0 Å². The first-order valence-electron chi connectivity index (χ1n) is 16.8. The summed E-state index contributed by atoms with van der Waals surface area (Å²) < 4.78 is 14.0. The number of carbonyl (C=O) groups is 3. The third-order valence-corrected chi connectivity index (χ3v) is 11.0. The minimum absolute atomic E-state index is 0.120. The molecule has 0 aromatic heterocycles. The Morgan fingerprint density at radius 2 is 1.49 bits per heavy atom. The monoisotopic (exact) mass is 619 g/mol. The number of hydrogen-bond acceptors (Lipinski definition) is 6. The molecule has 6 rings (SSSR count). The smallest absolute Gasteiger partial charge is 0.316 e. The molecule has 2 aromatic rings. The van der Waals surface area contributed by atoms with Gasteiger partial charge in [-0.05, 0) is 43.4 Å². The number of amides is 2. The number of unbranched alkanes of at least 4 members (excludes halogenated alkanes) is 3. The molecule has 2 amide bonds. The number of epoxide rings is 1. The second-order valence-corrected chi connectivity index (χ2v) is 14.4. The van der Waals surface area contributed by atoms with Gasteiger partial charge >= 0.3 is 5.97 Å². The first-order chi connectivity index (χ1) is 21.6. The topological polar surface area (TPSA) is 96.4 Å². The number of imide groups is 1. The third-order valence-electron chi connectivity index (χ3n) is 11.0. The lowest BCUT2D eigenvalue weighted by atomic mass is 9.94. The van der Waals surface area contributed by atoms with Crippen LogP contribution in [0, 0.1) is 0 Å². The third kappa shape index (κ3) is 6.45. The van der Waals surface area contributed by atoms with Crippen molar-refractivity contribution in [1.29, 1.82) is 0 Å². The van der Waals surface area contributed by atoms with E-state index in [2.05, 4.69) is 21.1 Å². The average molecular weight is 620 g/mol. The van der Waals surface area contributed by atoms with Crippen LogP contribution in [0.5, 0.6) is 0 Å². The Morgan fingerprint density at radius 1 is 0.911 bits per heavy atom. The summed E-state index contributed by atoms with van der Waals surface area (Å²) in [5.41, 5.74) is 1.83. The van der Waals surface area contributed by atoms with E-state index < -0.39 is 5.92 Å². The van der Waals surface area contributed by atoms with Gasteiger partial charge in [0.2, 0.25) is 0 Å². The van der Waals surface area contributed by atoms with Crippen molar-refractivity contribution in [3.05, 3.63) is 71.3 Å². The van der Waals surface area contributed by atoms with Gasteiger partial charge in [0, 0.05) is 25.8 Å². The predicted octanol–water partition coefficient (Wildman–Crippen LogP) is 3.76. The van der Waals surface area contributed by atoms with Gasteiger partial charge in [-0.25, -0.2) is 0 Å². The molecule has 4 heterocycles. The molecule has 2 bridgehead atoms. The van der Waals surface area contributed by atoms with E-state index in [1.807, 2.05) is 30.3 Å². The molecule has 0 radical (unpaired) electrons. The van der Waals surface area contributed by atoms with Crippen LogP contribution in [-0.2, 0) is 14.3 Å². The summed E-state index contributed by atoms with van der Waals surface area (Å²) in [6.45, 7) is 3.32. The number of esters is 1. The van der Waals surface area contributed by atoms with Crippen LogP contribution in [0.15, 0.2) is 54.6 Å². The number of piperidine rings is 1. The molecule has 45 heavy (non-hydrogen) atoms. The zero-order chi connectivity index (χ0) is 31.8. The number of ether oxygens (including phenoxy) is 2. The number of fused-ring (bicyclic) bond motifs is 6. The summed E-state index contributed by atoms with van der Waals surface area (Å²) in [4.78, 5) is 39.7. The highest BCUT2D eigenvalue weighted by Crippen LogP contribution is 2.53. The molecule has 2 aromatic carbocycles. The van der Waals surface area contributed by atoms with Crippen molar-refractivity contribution in [3.8, 4) is 0 Å². The SMILES string of the molecule is C[N+](C)(CCCCCC[N+]1(C)[C@@H]2CC(OC(=O)[C@H](CO)c3ccccc3)C[C@H]1[C@@H]1O[C@@H]12)CCCN1C(=O)c2ccccc2C1=O. The zero-order valence-corrected chi connectivity index (χ0v) is 27.0. The van der Waals surface area contributed by atoms with Crippen molar-refractivity contribution in [2.24, 2.45) is 0 Å². The maximum Gasteiger partial charge on any atom is 0.316 e. The van der Waals surface area contributed by atoms with Crippen molar-refractivity contribution in [1.82, 2.24) is 4.90 Å². The summed E-state index contributed by atoms with van der Waals surface area (Å²) in [7, 11) is 6.84. The molecule has 9 heteroatoms. The molecule has 9 nitrogen and oxygen atoms in total. The fraction of sp³-hybridized carbons (Fsp3) is 0.583. The van der Waals surface area contributed by atoms with Crippen molar-refractivity contribution in [2.45, 2.75) is 81.3 Å². The molecule has 0 saturated carbocycles. The van der Waals surface area contributed by atoms with E-state index in [0.717, 1.165) is 59.8 Å². The zero-order valence-electron chi connectivity index (χ0n) is 27.0. The van der Waals surface area contributed by atoms with Gasteiger partial charge in [-0.15, -0.1) is 0 Å². The van der Waals surface area contributed by atoms with Gasteiger partial charge in [0.15, 0.2) is 0 Å². The van der Waals surface area contributed by atoms with E-state index in [9.17, 15) is 19.5 Å². The molecule has 3 fully saturated rings. The first-order valence-corrected chi connectivity index (χ1v) is 16.8. The van der Waals surface area contributed by atoms with E-state index in [4.69, 9.17) is 9.47 Å². The van der Waals surface area contributed by atoms with Crippen molar-refractivity contribution in [3.63, 3.8) is 0 Å². The Bertz CT molecular complexity index is 1340. The van der Waals surface area contributed by atoms with Crippen molar-refractivity contribution in [2.75, 3.05) is 53.9 Å². The van der Waals surface area contributed by atoms with Crippen molar-refractivity contribution < 1.29 is 37.9 Å². The number of benzene rings is 2. The van der Waals surface area contributed by atoms with Gasteiger partial charge in [-0.2, -0.15) is 0 Å². The number of carbonyl (C=O) groups excluding carboxylic acids is 3. The Kier molecular flexibility index (Phi) is 9.17. The minimum Gasteiger partial charge on any atom is -0.461 e. The molecular weight excluding hydrogens is 570 g/mol. The summed E-state index contributed by atoms with van der Waals surface area (Å²) in [5.74, 6) is -1.31. The van der Waals surface area contributed by atoms with E-state index in [1.165, 1.54) is 24.2 Å². The average Bonchev–Trinajstić information content (AvgIpc) is 3.75. The summed E-state index contributed by atoms with van der Waals surface area (Å²) in [6, 6.07) is 17.2. The predicted molar refractivity (Wildman–Crippen MR) is 169 cm³/mol. The quantitative estimate of drug-likeness (QED) is 0.107. The number of morpholine rings is 1. The van der Waals surface area contributed by atoms with Gasteiger partial charge in [0.05, 0.1) is 58.5 Å². The van der Waals surface area contributed by atoms with Crippen LogP contribution in [0.4, 0.5) is 0 Å². The minimum atomic E-state index is -0.641. The van der Waals surface area contributed by atoms with Crippen molar-refractivity contribution >= 4 is 17.8 Å². The molecule has 0 aliphatic carbocycles. The lowest BCUT2D eigenvalue weighted by Crippen LogP contribution is -2.62. The highest BCUT2D eigenvalue weighted by molar-refractivity contribution is 6.21. The maximum atomic E-state index is 13.0. The van der Waals surface area contributed by atoms with E-state index in [0.29, 0.717) is 29.8 Å². The largest absolute Gasteiger partial charge is 0.461 e. The number of nitrogens with zero attached hydrogens (tertiary/aromatic N) is 3. The second kappa shape index (κ2) is 12.9. The van der Waals surface area contributed by atoms with Crippen LogP contribution in [0.25, 0.3) is 0 Å². The summed E-state index contributed by atoms with van der Waals surface area (Å²) in [5, 5.41) is 9.91. The normalized spacial score (nSPS) is 29.0. The number of aliphatic hydroxyl groups is 1. The molecule has 7 atom stereocenters. The standard InChI is InChI=1S/C36H49N3O6/c1-38(2,20-13-18-37-34(41)27-16-9-10-17-28(27)35(37)42)19-11-4-5-12-21-39(3)30-22-26(23-31(39)33-32(30)45-33)44-36(43)29(24-40)25-14-7-6-8-15-25/h6-10,14-17,26,29-33,40H,4-5,11-13,18-24H2,1-3H3/q+2/t26?,29-,30-,31+,32-,33+,39?/m1/s1. The van der Waals surface area contributed by atoms with Gasteiger partial charge in [0.1, 0.15) is 36.3 Å². The Labute approximate surface area is 266 Å². The van der Waals surface area contributed by atoms with E-state index in [1.54, 1.807) is 24.3 Å². The van der Waals surface area contributed by atoms with Gasteiger partial charge in [-0.3, -0.25) is 19.3 Å². The number of quaternary nitrogens is 2. The van der Waals surface area contributed by atoms with Gasteiger partial charge in [-0.1, -0.05) is 42.5 Å².